The third-order valence-electron chi connectivity index (χ3n) is 2.81. The molecule has 1 heterocycles. The predicted molar refractivity (Wildman–Crippen MR) is 60.5 cm³/mol. The minimum absolute atomic E-state index is 0.246. The molecule has 1 saturated heterocycles. The number of amides is 1. The van der Waals surface area contributed by atoms with Crippen molar-refractivity contribution in [2.75, 3.05) is 6.54 Å². The number of hydrogen-bond acceptors (Lipinski definition) is 1. The van der Waals surface area contributed by atoms with E-state index in [4.69, 9.17) is 0 Å². The molecule has 2 heteroatoms. The Labute approximate surface area is 90.2 Å². The van der Waals surface area contributed by atoms with Gasteiger partial charge in [0.25, 0.3) is 0 Å². The van der Waals surface area contributed by atoms with E-state index in [0.29, 0.717) is 19.0 Å². The number of β-lactam (4-membered cyclic amide) rings is 1. The third kappa shape index (κ3) is 2.09. The molecule has 0 radical (unpaired) electrons. The van der Waals surface area contributed by atoms with E-state index < -0.39 is 0 Å². The summed E-state index contributed by atoms with van der Waals surface area (Å²) in [6.45, 7) is 4.34. The summed E-state index contributed by atoms with van der Waals surface area (Å²) in [5, 5.41) is 0. The van der Waals surface area contributed by atoms with Crippen molar-refractivity contribution >= 4 is 5.91 Å². The number of benzene rings is 1. The maximum absolute atomic E-state index is 11.3. The van der Waals surface area contributed by atoms with Gasteiger partial charge in [-0.3, -0.25) is 4.79 Å². The fourth-order valence-electron chi connectivity index (χ4n) is 1.98. The molecule has 0 saturated carbocycles. The van der Waals surface area contributed by atoms with E-state index >= 15 is 0 Å². The SMILES string of the molecule is C=CCN1C(=O)CC1Cc1ccccc1. The van der Waals surface area contributed by atoms with Crippen LogP contribution in [0.2, 0.25) is 0 Å². The number of likely N-dealkylation sites (tertiary alicyclic amines) is 1. The summed E-state index contributed by atoms with van der Waals surface area (Å²) in [6, 6.07) is 10.7. The van der Waals surface area contributed by atoms with Gasteiger partial charge in [-0.1, -0.05) is 36.4 Å². The van der Waals surface area contributed by atoms with Crippen molar-refractivity contribution in [3.8, 4) is 0 Å². The molecular formula is C13H15NO. The summed E-state index contributed by atoms with van der Waals surface area (Å²) in [4.78, 5) is 13.2. The van der Waals surface area contributed by atoms with Gasteiger partial charge < -0.3 is 4.90 Å². The molecule has 1 aromatic carbocycles. The second kappa shape index (κ2) is 4.30. The van der Waals surface area contributed by atoms with Gasteiger partial charge in [-0.05, 0) is 12.0 Å². The van der Waals surface area contributed by atoms with E-state index in [1.165, 1.54) is 5.56 Å². The Balaban J connectivity index is 1.96. The molecule has 1 atom stereocenters. The van der Waals surface area contributed by atoms with Crippen molar-refractivity contribution in [2.24, 2.45) is 0 Å². The molecule has 1 aliphatic rings. The molecule has 1 aromatic rings. The Morgan fingerprint density at radius 1 is 1.40 bits per heavy atom. The minimum atomic E-state index is 0.246. The van der Waals surface area contributed by atoms with E-state index in [1.54, 1.807) is 6.08 Å². The fraction of sp³-hybridized carbons (Fsp3) is 0.308. The average molecular weight is 201 g/mol. The monoisotopic (exact) mass is 201 g/mol. The molecule has 0 spiro atoms. The molecule has 0 N–H and O–H groups in total. The lowest BCUT2D eigenvalue weighted by molar-refractivity contribution is -0.144. The summed E-state index contributed by atoms with van der Waals surface area (Å²) in [7, 11) is 0. The third-order valence-corrected chi connectivity index (χ3v) is 2.81. The summed E-state index contributed by atoms with van der Waals surface area (Å²) in [5.41, 5.74) is 1.30. The van der Waals surface area contributed by atoms with Crippen LogP contribution in [0.4, 0.5) is 0 Å². The van der Waals surface area contributed by atoms with Crippen molar-refractivity contribution in [1.82, 2.24) is 4.90 Å². The lowest BCUT2D eigenvalue weighted by Crippen LogP contribution is -2.53. The molecule has 2 nitrogen and oxygen atoms in total. The molecule has 1 amide bonds. The highest BCUT2D eigenvalue weighted by Gasteiger charge is 2.34. The first kappa shape index (κ1) is 9.97. The van der Waals surface area contributed by atoms with Crippen LogP contribution in [0.15, 0.2) is 43.0 Å². The van der Waals surface area contributed by atoms with Gasteiger partial charge in [0.2, 0.25) is 5.91 Å². The number of hydrogen-bond donors (Lipinski definition) is 0. The average Bonchev–Trinajstić information content (AvgIpc) is 2.27. The summed E-state index contributed by atoms with van der Waals surface area (Å²) in [5.74, 6) is 0.246. The molecule has 0 aliphatic carbocycles. The number of nitrogens with zero attached hydrogens (tertiary/aromatic N) is 1. The smallest absolute Gasteiger partial charge is 0.225 e. The number of carbonyl (C=O) groups excluding carboxylic acids is 1. The molecular weight excluding hydrogens is 186 g/mol. The van der Waals surface area contributed by atoms with Crippen molar-refractivity contribution in [3.05, 3.63) is 48.6 Å². The van der Waals surface area contributed by atoms with Crippen molar-refractivity contribution in [3.63, 3.8) is 0 Å². The lowest BCUT2D eigenvalue weighted by atomic mass is 9.94. The minimum Gasteiger partial charge on any atom is -0.335 e. The normalized spacial score (nSPS) is 19.9. The van der Waals surface area contributed by atoms with E-state index in [2.05, 4.69) is 18.7 Å². The van der Waals surface area contributed by atoms with Crippen molar-refractivity contribution < 1.29 is 4.79 Å². The van der Waals surface area contributed by atoms with Crippen molar-refractivity contribution in [2.45, 2.75) is 18.9 Å². The zero-order chi connectivity index (χ0) is 10.7. The predicted octanol–water partition coefficient (Wildman–Crippen LogP) is 2.02. The van der Waals surface area contributed by atoms with E-state index in [0.717, 1.165) is 6.42 Å². The van der Waals surface area contributed by atoms with Crippen LogP contribution >= 0.6 is 0 Å². The Hall–Kier alpha value is -1.57. The van der Waals surface area contributed by atoms with Crippen LogP contribution in [-0.4, -0.2) is 23.4 Å². The Kier molecular flexibility index (Phi) is 2.86. The van der Waals surface area contributed by atoms with Gasteiger partial charge in [0.15, 0.2) is 0 Å². The van der Waals surface area contributed by atoms with Crippen LogP contribution in [-0.2, 0) is 11.2 Å². The summed E-state index contributed by atoms with van der Waals surface area (Å²) in [6.07, 6.45) is 3.43. The van der Waals surface area contributed by atoms with Crippen LogP contribution in [0.1, 0.15) is 12.0 Å². The van der Waals surface area contributed by atoms with Gasteiger partial charge >= 0.3 is 0 Å². The zero-order valence-corrected chi connectivity index (χ0v) is 8.73. The Morgan fingerprint density at radius 2 is 2.13 bits per heavy atom. The van der Waals surface area contributed by atoms with Crippen molar-refractivity contribution in [1.29, 1.82) is 0 Å². The fourth-order valence-corrected chi connectivity index (χ4v) is 1.98. The maximum atomic E-state index is 11.3. The zero-order valence-electron chi connectivity index (χ0n) is 8.73. The van der Waals surface area contributed by atoms with Gasteiger partial charge in [0, 0.05) is 19.0 Å². The summed E-state index contributed by atoms with van der Waals surface area (Å²) >= 11 is 0. The van der Waals surface area contributed by atoms with Gasteiger partial charge in [-0.25, -0.2) is 0 Å². The van der Waals surface area contributed by atoms with Gasteiger partial charge in [-0.15, -0.1) is 6.58 Å². The maximum Gasteiger partial charge on any atom is 0.225 e. The second-order valence-corrected chi connectivity index (χ2v) is 3.88. The first-order valence-electron chi connectivity index (χ1n) is 5.25. The molecule has 0 bridgehead atoms. The Morgan fingerprint density at radius 3 is 2.73 bits per heavy atom. The molecule has 78 valence electrons. The van der Waals surface area contributed by atoms with E-state index in [9.17, 15) is 4.79 Å². The largest absolute Gasteiger partial charge is 0.335 e. The van der Waals surface area contributed by atoms with Crippen LogP contribution in [0.25, 0.3) is 0 Å². The Bertz CT molecular complexity index is 358. The van der Waals surface area contributed by atoms with E-state index in [-0.39, 0.29) is 5.91 Å². The first-order chi connectivity index (χ1) is 7.31. The second-order valence-electron chi connectivity index (χ2n) is 3.88. The van der Waals surface area contributed by atoms with E-state index in [1.807, 2.05) is 23.1 Å². The van der Waals surface area contributed by atoms with Crippen LogP contribution < -0.4 is 0 Å². The lowest BCUT2D eigenvalue weighted by Gasteiger charge is -2.40. The molecule has 2 rings (SSSR count). The van der Waals surface area contributed by atoms with Gasteiger partial charge in [0.05, 0.1) is 0 Å². The first-order valence-corrected chi connectivity index (χ1v) is 5.25. The molecule has 1 fully saturated rings. The van der Waals surface area contributed by atoms with Crippen LogP contribution in [0.5, 0.6) is 0 Å². The topological polar surface area (TPSA) is 20.3 Å². The molecule has 15 heavy (non-hydrogen) atoms. The molecule has 1 aliphatic heterocycles. The molecule has 0 aromatic heterocycles. The molecule has 1 unspecified atom stereocenters. The standard InChI is InChI=1S/C13H15NO/c1-2-8-14-12(10-13(14)15)9-11-6-4-3-5-7-11/h2-7,12H,1,8-10H2. The van der Waals surface area contributed by atoms with Crippen LogP contribution in [0.3, 0.4) is 0 Å². The van der Waals surface area contributed by atoms with Gasteiger partial charge in [-0.2, -0.15) is 0 Å². The highest BCUT2D eigenvalue weighted by molar-refractivity contribution is 5.83. The highest BCUT2D eigenvalue weighted by Crippen LogP contribution is 2.22. The number of carbonyl (C=O) groups is 1. The van der Waals surface area contributed by atoms with Gasteiger partial charge in [0.1, 0.15) is 0 Å². The highest BCUT2D eigenvalue weighted by atomic mass is 16.2. The quantitative estimate of drug-likeness (QED) is 0.539. The number of rotatable bonds is 4. The van der Waals surface area contributed by atoms with Crippen LogP contribution in [0, 0.1) is 0 Å². The summed E-state index contributed by atoms with van der Waals surface area (Å²) < 4.78 is 0.